The number of carboxylic acids is 1. The smallest absolute Gasteiger partial charge is 0.335 e. The molecule has 0 aromatic heterocycles. The van der Waals surface area contributed by atoms with Gasteiger partial charge in [-0.25, -0.2) is 14.2 Å². The molecule has 2 N–H and O–H groups in total. The minimum atomic E-state index is -0.974. The molecule has 1 saturated heterocycles. The summed E-state index contributed by atoms with van der Waals surface area (Å²) in [4.78, 5) is 28.0. The van der Waals surface area contributed by atoms with Crippen molar-refractivity contribution in [3.8, 4) is 5.75 Å². The van der Waals surface area contributed by atoms with Gasteiger partial charge in [-0.2, -0.15) is 0 Å². The predicted octanol–water partition coefficient (Wildman–Crippen LogP) is 5.76. The second kappa shape index (κ2) is 10.0. The molecule has 0 aliphatic carbocycles. The van der Waals surface area contributed by atoms with Gasteiger partial charge in [0.1, 0.15) is 18.2 Å². The number of amides is 1. The highest BCUT2D eigenvalue weighted by atomic mass is 79.9. The van der Waals surface area contributed by atoms with Crippen LogP contribution in [-0.2, 0) is 11.4 Å². The van der Waals surface area contributed by atoms with Crippen LogP contribution in [-0.4, -0.2) is 22.2 Å². The number of carbonyl (C=O) groups excluding carboxylic acids is 1. The lowest BCUT2D eigenvalue weighted by Gasteiger charge is -2.09. The molecule has 3 aromatic carbocycles. The summed E-state index contributed by atoms with van der Waals surface area (Å²) in [6, 6.07) is 17.6. The number of hydrogen-bond donors (Lipinski definition) is 2. The van der Waals surface area contributed by atoms with E-state index in [1.165, 1.54) is 48.2 Å². The molecular weight excluding hydrogens is 511 g/mol. The lowest BCUT2D eigenvalue weighted by atomic mass is 10.1. The quantitative estimate of drug-likeness (QED) is 0.399. The number of carboxylic acid groups (broad SMARTS) is 1. The number of amidine groups is 1. The maximum absolute atomic E-state index is 13.0. The molecule has 33 heavy (non-hydrogen) atoms. The number of carbonyl (C=O) groups is 2. The third kappa shape index (κ3) is 5.88. The summed E-state index contributed by atoms with van der Waals surface area (Å²) in [7, 11) is 0. The summed E-state index contributed by atoms with van der Waals surface area (Å²) in [5.41, 5.74) is 2.39. The molecule has 9 heteroatoms. The van der Waals surface area contributed by atoms with E-state index in [9.17, 15) is 14.0 Å². The van der Waals surface area contributed by atoms with Crippen molar-refractivity contribution in [3.63, 3.8) is 0 Å². The Kier molecular flexibility index (Phi) is 6.90. The minimum absolute atomic E-state index is 0.219. The molecule has 0 saturated carbocycles. The average Bonchev–Trinajstić information content (AvgIpc) is 3.13. The van der Waals surface area contributed by atoms with Crippen LogP contribution in [0.3, 0.4) is 0 Å². The zero-order valence-electron chi connectivity index (χ0n) is 16.9. The van der Waals surface area contributed by atoms with Crippen molar-refractivity contribution in [3.05, 3.63) is 98.6 Å². The van der Waals surface area contributed by atoms with Gasteiger partial charge in [0.15, 0.2) is 5.17 Å². The van der Waals surface area contributed by atoms with E-state index in [2.05, 4.69) is 26.2 Å². The van der Waals surface area contributed by atoms with Gasteiger partial charge in [0.25, 0.3) is 5.91 Å². The molecule has 0 bridgehead atoms. The first kappa shape index (κ1) is 22.8. The molecule has 4 rings (SSSR count). The highest BCUT2D eigenvalue weighted by Crippen LogP contribution is 2.31. The molecule has 3 aromatic rings. The van der Waals surface area contributed by atoms with E-state index in [1.54, 1.807) is 24.3 Å². The third-order valence-electron chi connectivity index (χ3n) is 4.56. The van der Waals surface area contributed by atoms with Crippen LogP contribution in [0.15, 0.2) is 81.1 Å². The van der Waals surface area contributed by atoms with Gasteiger partial charge in [0.05, 0.1) is 20.6 Å². The maximum Gasteiger partial charge on any atom is 0.335 e. The Morgan fingerprint density at radius 1 is 1.12 bits per heavy atom. The molecule has 6 nitrogen and oxygen atoms in total. The van der Waals surface area contributed by atoms with Gasteiger partial charge in [0, 0.05) is 0 Å². The number of nitrogens with zero attached hydrogens (tertiary/aromatic N) is 1. The van der Waals surface area contributed by atoms with E-state index in [0.29, 0.717) is 26.0 Å². The summed E-state index contributed by atoms with van der Waals surface area (Å²) in [5.74, 6) is -0.974. The van der Waals surface area contributed by atoms with Crippen molar-refractivity contribution >= 4 is 56.5 Å². The molecule has 1 aliphatic rings. The Morgan fingerprint density at radius 3 is 2.52 bits per heavy atom. The number of thioether (sulfide) groups is 1. The molecule has 1 amide bonds. The third-order valence-corrected chi connectivity index (χ3v) is 6.09. The van der Waals surface area contributed by atoms with Crippen LogP contribution in [0.25, 0.3) is 6.08 Å². The summed E-state index contributed by atoms with van der Waals surface area (Å²) < 4.78 is 19.6. The fourth-order valence-electron chi connectivity index (χ4n) is 2.89. The number of aromatic carboxylic acids is 1. The Morgan fingerprint density at radius 2 is 1.85 bits per heavy atom. The van der Waals surface area contributed by atoms with E-state index in [-0.39, 0.29) is 23.9 Å². The SMILES string of the molecule is O=C1NC(=Nc2ccc(F)cc2)S/C1=C/c1ccc(OCc2ccc(C(=O)O)cc2)c(Br)c1. The van der Waals surface area contributed by atoms with E-state index in [1.807, 2.05) is 12.1 Å². The van der Waals surface area contributed by atoms with Gasteiger partial charge in [-0.1, -0.05) is 18.2 Å². The highest BCUT2D eigenvalue weighted by Gasteiger charge is 2.24. The predicted molar refractivity (Wildman–Crippen MR) is 129 cm³/mol. The van der Waals surface area contributed by atoms with Crippen LogP contribution in [0.4, 0.5) is 10.1 Å². The molecule has 1 fully saturated rings. The maximum atomic E-state index is 13.0. The lowest BCUT2D eigenvalue weighted by molar-refractivity contribution is -0.115. The lowest BCUT2D eigenvalue weighted by Crippen LogP contribution is -2.19. The molecular formula is C24H16BrFN2O4S. The van der Waals surface area contributed by atoms with Crippen molar-refractivity contribution in [1.29, 1.82) is 0 Å². The first-order valence-corrected chi connectivity index (χ1v) is 11.3. The van der Waals surface area contributed by atoms with Crippen molar-refractivity contribution in [1.82, 2.24) is 5.32 Å². The number of benzene rings is 3. The average molecular weight is 527 g/mol. The second-order valence-corrected chi connectivity index (χ2v) is 8.82. The van der Waals surface area contributed by atoms with E-state index in [0.717, 1.165) is 11.1 Å². The normalized spacial score (nSPS) is 15.6. The zero-order chi connectivity index (χ0) is 23.4. The van der Waals surface area contributed by atoms with Crippen LogP contribution in [0.5, 0.6) is 5.75 Å². The van der Waals surface area contributed by atoms with Crippen LogP contribution in [0.2, 0.25) is 0 Å². The van der Waals surface area contributed by atoms with Gasteiger partial charge < -0.3 is 15.2 Å². The number of nitrogens with one attached hydrogen (secondary N) is 1. The largest absolute Gasteiger partial charge is 0.488 e. The summed E-state index contributed by atoms with van der Waals surface area (Å²) >= 11 is 4.69. The topological polar surface area (TPSA) is 88.0 Å². The van der Waals surface area contributed by atoms with Gasteiger partial charge in [-0.05, 0) is 93.4 Å². The van der Waals surface area contributed by atoms with E-state index >= 15 is 0 Å². The van der Waals surface area contributed by atoms with Crippen molar-refractivity contribution in [2.45, 2.75) is 6.61 Å². The van der Waals surface area contributed by atoms with Gasteiger partial charge in [-0.3, -0.25) is 4.79 Å². The Labute approximate surface area is 201 Å². The van der Waals surface area contributed by atoms with Crippen LogP contribution in [0.1, 0.15) is 21.5 Å². The van der Waals surface area contributed by atoms with E-state index in [4.69, 9.17) is 9.84 Å². The first-order valence-electron chi connectivity index (χ1n) is 9.67. The molecule has 166 valence electrons. The van der Waals surface area contributed by atoms with Crippen molar-refractivity contribution < 1.29 is 23.8 Å². The molecule has 1 heterocycles. The fraction of sp³-hybridized carbons (Fsp3) is 0.0417. The summed E-state index contributed by atoms with van der Waals surface area (Å²) in [6.45, 7) is 0.278. The second-order valence-electron chi connectivity index (χ2n) is 6.94. The first-order chi connectivity index (χ1) is 15.9. The molecule has 0 spiro atoms. The number of halogens is 2. The van der Waals surface area contributed by atoms with Gasteiger partial charge in [-0.15, -0.1) is 0 Å². The molecule has 0 radical (unpaired) electrons. The van der Waals surface area contributed by atoms with E-state index < -0.39 is 5.97 Å². The summed E-state index contributed by atoms with van der Waals surface area (Å²) in [6.07, 6.45) is 1.74. The Balaban J connectivity index is 1.42. The molecule has 0 unspecified atom stereocenters. The molecule has 0 atom stereocenters. The number of aliphatic imine (C=N–C) groups is 1. The number of hydrogen-bond acceptors (Lipinski definition) is 5. The van der Waals surface area contributed by atoms with Crippen molar-refractivity contribution in [2.75, 3.05) is 0 Å². The minimum Gasteiger partial charge on any atom is -0.488 e. The summed E-state index contributed by atoms with van der Waals surface area (Å²) in [5, 5.41) is 12.1. The Hall–Kier alpha value is -3.43. The monoisotopic (exact) mass is 526 g/mol. The zero-order valence-corrected chi connectivity index (χ0v) is 19.3. The number of ether oxygens (including phenoxy) is 1. The molecule has 1 aliphatic heterocycles. The van der Waals surface area contributed by atoms with Crippen LogP contribution < -0.4 is 10.1 Å². The number of rotatable bonds is 6. The standard InChI is InChI=1S/C24H16BrFN2O4S/c25-19-11-15(3-10-20(19)32-13-14-1-4-16(5-2-14)23(30)31)12-21-22(29)28-24(33-21)27-18-8-6-17(26)7-9-18/h1-12H,13H2,(H,30,31)(H,27,28,29)/b21-12+. The van der Waals surface area contributed by atoms with Crippen LogP contribution in [0, 0.1) is 5.82 Å². The van der Waals surface area contributed by atoms with Crippen molar-refractivity contribution in [2.24, 2.45) is 4.99 Å². The van der Waals surface area contributed by atoms with Gasteiger partial charge in [0.2, 0.25) is 0 Å². The van der Waals surface area contributed by atoms with Gasteiger partial charge >= 0.3 is 5.97 Å². The fourth-order valence-corrected chi connectivity index (χ4v) is 4.25. The van der Waals surface area contributed by atoms with Crippen LogP contribution >= 0.6 is 27.7 Å². The highest BCUT2D eigenvalue weighted by molar-refractivity contribution is 9.10. The Bertz CT molecular complexity index is 1270.